The van der Waals surface area contributed by atoms with Crippen molar-refractivity contribution in [1.82, 2.24) is 24.8 Å². The van der Waals surface area contributed by atoms with Crippen molar-refractivity contribution in [2.45, 2.75) is 88.8 Å². The molecule has 2 fully saturated rings. The van der Waals surface area contributed by atoms with Crippen LogP contribution in [0.2, 0.25) is 0 Å². The fourth-order valence-corrected chi connectivity index (χ4v) is 5.99. The highest BCUT2D eigenvalue weighted by Crippen LogP contribution is 2.27. The van der Waals surface area contributed by atoms with Crippen molar-refractivity contribution in [2.24, 2.45) is 5.73 Å². The van der Waals surface area contributed by atoms with Crippen molar-refractivity contribution in [3.8, 4) is 5.75 Å². The Morgan fingerprint density at radius 1 is 0.946 bits per heavy atom. The van der Waals surface area contributed by atoms with Crippen LogP contribution in [0.15, 0.2) is 30.5 Å². The molecule has 2 aliphatic heterocycles. The Labute approximate surface area is 219 Å². The van der Waals surface area contributed by atoms with Crippen LogP contribution in [0.25, 0.3) is 0 Å². The Bertz CT molecular complexity index is 1060. The van der Waals surface area contributed by atoms with Crippen LogP contribution < -0.4 is 10.5 Å². The number of rotatable bonds is 2. The van der Waals surface area contributed by atoms with E-state index in [1.807, 2.05) is 16.8 Å². The Kier molecular flexibility index (Phi) is 8.38. The monoisotopic (exact) mass is 508 g/mol. The molecule has 3 heterocycles. The molecule has 200 valence electrons. The quantitative estimate of drug-likeness (QED) is 0.667. The number of carbonyl (C=O) groups is 2. The second-order valence-corrected chi connectivity index (χ2v) is 10.8. The number of hydrogen-bond acceptors (Lipinski definition) is 6. The highest BCUT2D eigenvalue weighted by molar-refractivity contribution is 5.92. The first-order valence-electron chi connectivity index (χ1n) is 14.0. The molecule has 1 aromatic heterocycles. The van der Waals surface area contributed by atoms with Crippen LogP contribution >= 0.6 is 0 Å². The molecule has 0 spiro atoms. The minimum Gasteiger partial charge on any atom is -0.492 e. The molecule has 1 saturated heterocycles. The van der Waals surface area contributed by atoms with Crippen LogP contribution in [0.4, 0.5) is 0 Å². The van der Waals surface area contributed by atoms with E-state index in [1.165, 1.54) is 12.0 Å². The molecule has 2 bridgehead atoms. The first-order valence-corrected chi connectivity index (χ1v) is 14.0. The summed E-state index contributed by atoms with van der Waals surface area (Å²) in [6.07, 6.45) is 11.9. The molecule has 2 N–H and O–H groups in total. The number of aromatic nitrogens is 3. The lowest BCUT2D eigenvalue weighted by Crippen LogP contribution is -2.44. The van der Waals surface area contributed by atoms with Gasteiger partial charge in [0.05, 0.1) is 18.8 Å². The van der Waals surface area contributed by atoms with Crippen LogP contribution in [0.3, 0.4) is 0 Å². The number of amides is 2. The Morgan fingerprint density at radius 3 is 2.68 bits per heavy atom. The van der Waals surface area contributed by atoms with E-state index in [9.17, 15) is 9.59 Å². The van der Waals surface area contributed by atoms with Crippen molar-refractivity contribution in [3.63, 3.8) is 0 Å². The fraction of sp³-hybridized carbons (Fsp3) is 0.643. The third kappa shape index (κ3) is 6.50. The molecule has 2 amide bonds. The molecule has 5 rings (SSSR count). The summed E-state index contributed by atoms with van der Waals surface area (Å²) < 4.78 is 7.88. The Balaban J connectivity index is 1.29. The summed E-state index contributed by atoms with van der Waals surface area (Å²) in [5.41, 5.74) is 7.61. The number of ether oxygens (including phenoxy) is 1. The zero-order valence-corrected chi connectivity index (χ0v) is 21.8. The maximum Gasteiger partial charge on any atom is 0.276 e. The number of fused-ring (bicyclic) bond motifs is 3. The first kappa shape index (κ1) is 25.7. The number of nitrogens with two attached hydrogens (primary N) is 1. The summed E-state index contributed by atoms with van der Waals surface area (Å²) in [5.74, 6) is 0.861. The number of benzene rings is 1. The zero-order chi connectivity index (χ0) is 25.6. The van der Waals surface area contributed by atoms with Gasteiger partial charge in [-0.25, -0.2) is 4.68 Å². The summed E-state index contributed by atoms with van der Waals surface area (Å²) >= 11 is 0. The predicted molar refractivity (Wildman–Crippen MR) is 140 cm³/mol. The van der Waals surface area contributed by atoms with E-state index >= 15 is 0 Å². The maximum absolute atomic E-state index is 13.5. The summed E-state index contributed by atoms with van der Waals surface area (Å²) in [6.45, 7) is 2.13. The molecule has 1 unspecified atom stereocenters. The van der Waals surface area contributed by atoms with E-state index in [2.05, 4.69) is 27.3 Å². The van der Waals surface area contributed by atoms with Crippen LogP contribution in [0.5, 0.6) is 5.75 Å². The molecule has 37 heavy (non-hydrogen) atoms. The molecule has 9 heteroatoms. The number of aryl methyl sites for hydroxylation is 1. The van der Waals surface area contributed by atoms with Crippen LogP contribution in [-0.4, -0.2) is 74.9 Å². The molecule has 1 atom stereocenters. The largest absolute Gasteiger partial charge is 0.492 e. The van der Waals surface area contributed by atoms with Crippen LogP contribution in [-0.2, 0) is 11.2 Å². The molecular weight excluding hydrogens is 468 g/mol. The highest BCUT2D eigenvalue weighted by atomic mass is 16.5. The van der Waals surface area contributed by atoms with Gasteiger partial charge in [-0.05, 0) is 81.9 Å². The highest BCUT2D eigenvalue weighted by Gasteiger charge is 2.28. The summed E-state index contributed by atoms with van der Waals surface area (Å²) in [7, 11) is 0. The van der Waals surface area contributed by atoms with E-state index in [-0.39, 0.29) is 29.9 Å². The lowest BCUT2D eigenvalue weighted by atomic mass is 9.92. The average Bonchev–Trinajstić information content (AvgIpc) is 3.41. The third-order valence-corrected chi connectivity index (χ3v) is 8.19. The minimum atomic E-state index is -0.163. The Morgan fingerprint density at radius 2 is 1.81 bits per heavy atom. The van der Waals surface area contributed by atoms with Gasteiger partial charge in [0.15, 0.2) is 5.69 Å². The molecule has 0 radical (unpaired) electrons. The lowest BCUT2D eigenvalue weighted by molar-refractivity contribution is -0.135. The molecular formula is C28H40N6O3. The van der Waals surface area contributed by atoms with E-state index < -0.39 is 0 Å². The number of piperidine rings is 1. The van der Waals surface area contributed by atoms with Gasteiger partial charge in [-0.15, -0.1) is 5.10 Å². The van der Waals surface area contributed by atoms with Gasteiger partial charge >= 0.3 is 0 Å². The topological polar surface area (TPSA) is 107 Å². The molecule has 9 nitrogen and oxygen atoms in total. The molecule has 1 saturated carbocycles. The number of hydrogen-bond donors (Lipinski definition) is 1. The van der Waals surface area contributed by atoms with Gasteiger partial charge in [-0.1, -0.05) is 17.3 Å². The molecule has 1 aliphatic carbocycles. The number of carbonyl (C=O) groups excluding carboxylic acids is 2. The standard InChI is InChI=1S/C28H40N6O3/c29-22-10-13-24(14-11-22)34-20-26(30-31-34)28(36)32-15-4-8-27(35)33-16-2-1-6-23(33)12-9-21-5-3-7-25(19-21)37-18-17-32/h3,5,7,19-20,22-24H,1-2,4,6,8-18,29H2. The smallest absolute Gasteiger partial charge is 0.276 e. The second kappa shape index (κ2) is 12.1. The van der Waals surface area contributed by atoms with Gasteiger partial charge < -0.3 is 20.3 Å². The SMILES string of the molecule is NC1CCC(n2cc(C(=O)N3CCCC(=O)N4CCCCC4CCc4cccc(c4)OCC3)nn2)CC1. The van der Waals surface area contributed by atoms with E-state index in [0.29, 0.717) is 38.2 Å². The fourth-order valence-electron chi connectivity index (χ4n) is 5.99. The normalized spacial score (nSPS) is 26.0. The summed E-state index contributed by atoms with van der Waals surface area (Å²) in [6, 6.07) is 8.98. The van der Waals surface area contributed by atoms with Gasteiger partial charge in [0.1, 0.15) is 12.4 Å². The van der Waals surface area contributed by atoms with Crippen molar-refractivity contribution in [3.05, 3.63) is 41.7 Å². The first-order chi connectivity index (χ1) is 18.1. The molecule has 1 aromatic carbocycles. The lowest BCUT2D eigenvalue weighted by Gasteiger charge is -2.36. The van der Waals surface area contributed by atoms with Gasteiger partial charge in [0, 0.05) is 31.6 Å². The molecule has 2 aromatic rings. The summed E-state index contributed by atoms with van der Waals surface area (Å²) in [4.78, 5) is 30.5. The predicted octanol–water partition coefficient (Wildman–Crippen LogP) is 3.35. The third-order valence-electron chi connectivity index (χ3n) is 8.19. The van der Waals surface area contributed by atoms with Crippen molar-refractivity contribution >= 4 is 11.8 Å². The maximum atomic E-state index is 13.5. The Hall–Kier alpha value is -2.94. The van der Waals surface area contributed by atoms with Crippen molar-refractivity contribution < 1.29 is 14.3 Å². The van der Waals surface area contributed by atoms with Gasteiger partial charge in [-0.3, -0.25) is 9.59 Å². The van der Waals surface area contributed by atoms with Gasteiger partial charge in [-0.2, -0.15) is 0 Å². The van der Waals surface area contributed by atoms with E-state index in [1.54, 1.807) is 11.1 Å². The minimum absolute atomic E-state index is 0.163. The van der Waals surface area contributed by atoms with E-state index in [4.69, 9.17) is 10.5 Å². The van der Waals surface area contributed by atoms with Gasteiger partial charge in [0.25, 0.3) is 5.91 Å². The second-order valence-electron chi connectivity index (χ2n) is 10.8. The zero-order valence-electron chi connectivity index (χ0n) is 21.8. The van der Waals surface area contributed by atoms with Crippen LogP contribution in [0.1, 0.15) is 86.3 Å². The summed E-state index contributed by atoms with van der Waals surface area (Å²) in [5, 5.41) is 8.50. The number of nitrogens with zero attached hydrogens (tertiary/aromatic N) is 5. The van der Waals surface area contributed by atoms with Crippen molar-refractivity contribution in [1.29, 1.82) is 0 Å². The van der Waals surface area contributed by atoms with E-state index in [0.717, 1.165) is 63.7 Å². The molecule has 3 aliphatic rings. The average molecular weight is 509 g/mol. The van der Waals surface area contributed by atoms with Crippen LogP contribution in [0, 0.1) is 0 Å². The van der Waals surface area contributed by atoms with Crippen molar-refractivity contribution in [2.75, 3.05) is 26.2 Å². The van der Waals surface area contributed by atoms with Gasteiger partial charge in [0.2, 0.25) is 5.91 Å².